The number of thiocarbonyl (C=S) groups is 1. The van der Waals surface area contributed by atoms with Gasteiger partial charge in [-0.05, 0) is 26.0 Å². The Labute approximate surface area is 174 Å². The normalized spacial score (nSPS) is 20.7. The largest absolute Gasteiger partial charge is 0.334 e. The highest BCUT2D eigenvalue weighted by Crippen LogP contribution is 2.45. The maximum Gasteiger partial charge on any atom is 0.271 e. The van der Waals surface area contributed by atoms with Crippen molar-refractivity contribution >= 4 is 72.9 Å². The van der Waals surface area contributed by atoms with Gasteiger partial charge in [0.05, 0.1) is 5.69 Å². The van der Waals surface area contributed by atoms with Crippen LogP contribution in [0.5, 0.6) is 0 Å². The molecule has 1 saturated heterocycles. The first-order valence-corrected chi connectivity index (χ1v) is 11.4. The molecule has 0 bridgehead atoms. The van der Waals surface area contributed by atoms with E-state index in [9.17, 15) is 9.59 Å². The molecule has 0 saturated carbocycles. The number of hydrogen-bond acceptors (Lipinski definition) is 7. The summed E-state index contributed by atoms with van der Waals surface area (Å²) in [4.78, 5) is 31.1. The molecule has 1 amide bonds. The van der Waals surface area contributed by atoms with Crippen LogP contribution in [0.1, 0.15) is 13.8 Å². The first kappa shape index (κ1) is 18.8. The molecule has 0 atom stereocenters. The van der Waals surface area contributed by atoms with E-state index in [1.807, 2.05) is 19.1 Å². The van der Waals surface area contributed by atoms with Gasteiger partial charge in [-0.15, -0.1) is 11.3 Å². The van der Waals surface area contributed by atoms with Crippen LogP contribution in [0.25, 0.3) is 9.93 Å². The highest BCUT2D eigenvalue weighted by Gasteiger charge is 2.32. The first-order chi connectivity index (χ1) is 13.0. The summed E-state index contributed by atoms with van der Waals surface area (Å²) >= 11 is 9.53. The Bertz CT molecular complexity index is 1150. The Balaban J connectivity index is 2.02. The average molecular weight is 436 g/mol. The lowest BCUT2D eigenvalue weighted by atomic mass is 10.3. The summed E-state index contributed by atoms with van der Waals surface area (Å²) in [6.07, 6.45) is 0. The van der Waals surface area contributed by atoms with Crippen LogP contribution in [0.15, 0.2) is 34.0 Å². The van der Waals surface area contributed by atoms with Crippen molar-refractivity contribution in [3.8, 4) is 0 Å². The number of benzene rings is 1. The van der Waals surface area contributed by atoms with Crippen LogP contribution >= 0.6 is 47.1 Å². The average Bonchev–Trinajstić information content (AvgIpc) is 3.28. The van der Waals surface area contributed by atoms with Crippen molar-refractivity contribution in [1.82, 2.24) is 9.47 Å². The lowest BCUT2D eigenvalue weighted by Gasteiger charge is -2.16. The number of carbonyl (C=O) groups excluding carboxylic acids is 1. The SMILES string of the molecule is CCN1/C(=c2/s/c(=C3\SC(=S)N(C)C3=O)n(CC)c2=O)Sc2ccccc21. The smallest absolute Gasteiger partial charge is 0.271 e. The molecule has 0 N–H and O–H groups in total. The number of fused-ring (bicyclic) bond motifs is 1. The third-order valence-corrected chi connectivity index (χ3v) is 8.65. The fraction of sp³-hybridized carbons (Fsp3) is 0.278. The molecule has 0 spiro atoms. The van der Waals surface area contributed by atoms with Crippen LogP contribution in [0.4, 0.5) is 5.69 Å². The van der Waals surface area contributed by atoms with E-state index >= 15 is 0 Å². The number of anilines is 1. The van der Waals surface area contributed by atoms with Gasteiger partial charge in [-0.3, -0.25) is 19.1 Å². The second-order valence-electron chi connectivity index (χ2n) is 5.97. The van der Waals surface area contributed by atoms with E-state index in [1.54, 1.807) is 23.4 Å². The topological polar surface area (TPSA) is 45.5 Å². The van der Waals surface area contributed by atoms with E-state index in [-0.39, 0.29) is 11.5 Å². The first-order valence-electron chi connectivity index (χ1n) is 8.50. The molecule has 0 unspecified atom stereocenters. The third-order valence-electron chi connectivity index (χ3n) is 4.47. The predicted octanol–water partition coefficient (Wildman–Crippen LogP) is 2.23. The molecule has 2 aliphatic rings. The van der Waals surface area contributed by atoms with Crippen molar-refractivity contribution < 1.29 is 4.79 Å². The minimum atomic E-state index is -0.139. The Morgan fingerprint density at radius 3 is 2.44 bits per heavy atom. The maximum absolute atomic E-state index is 13.2. The summed E-state index contributed by atoms with van der Waals surface area (Å²) in [6.45, 7) is 5.28. The van der Waals surface area contributed by atoms with Gasteiger partial charge >= 0.3 is 0 Å². The molecule has 1 aromatic carbocycles. The van der Waals surface area contributed by atoms with Crippen LogP contribution in [0.2, 0.25) is 0 Å². The Morgan fingerprint density at radius 1 is 1.07 bits per heavy atom. The zero-order valence-electron chi connectivity index (χ0n) is 15.0. The second-order valence-corrected chi connectivity index (χ2v) is 9.64. The van der Waals surface area contributed by atoms with Gasteiger partial charge in [-0.1, -0.05) is 47.9 Å². The van der Waals surface area contributed by atoms with Gasteiger partial charge in [0, 0.05) is 25.0 Å². The Kier molecular flexibility index (Phi) is 4.96. The van der Waals surface area contributed by atoms with Gasteiger partial charge in [-0.25, -0.2) is 0 Å². The molecule has 1 fully saturated rings. The van der Waals surface area contributed by atoms with Crippen LogP contribution in [-0.4, -0.2) is 33.3 Å². The number of aromatic nitrogens is 1. The van der Waals surface area contributed by atoms with E-state index in [0.29, 0.717) is 25.0 Å². The van der Waals surface area contributed by atoms with Gasteiger partial charge in [-0.2, -0.15) is 0 Å². The van der Waals surface area contributed by atoms with Crippen molar-refractivity contribution in [2.24, 2.45) is 0 Å². The predicted molar refractivity (Wildman–Crippen MR) is 119 cm³/mol. The van der Waals surface area contributed by atoms with Crippen LogP contribution in [0.3, 0.4) is 0 Å². The summed E-state index contributed by atoms with van der Waals surface area (Å²) in [5.41, 5.74) is 1.07. The molecule has 9 heteroatoms. The van der Waals surface area contributed by atoms with Gasteiger partial charge in [0.15, 0.2) is 0 Å². The third kappa shape index (κ3) is 2.88. The molecule has 4 rings (SSSR count). The monoisotopic (exact) mass is 435 g/mol. The molecular weight excluding hydrogens is 418 g/mol. The van der Waals surface area contributed by atoms with E-state index in [2.05, 4.69) is 24.0 Å². The number of carbonyl (C=O) groups is 1. The fourth-order valence-corrected chi connectivity index (χ4v) is 6.98. The highest BCUT2D eigenvalue weighted by molar-refractivity contribution is 8.30. The summed E-state index contributed by atoms with van der Waals surface area (Å²) in [5, 5.41) is 0.939. The summed E-state index contributed by atoms with van der Waals surface area (Å²) in [7, 11) is 1.67. The Hall–Kier alpha value is -1.55. The minimum absolute atomic E-state index is 0.0485. The molecule has 5 nitrogen and oxygen atoms in total. The second kappa shape index (κ2) is 7.12. The molecule has 27 heavy (non-hydrogen) atoms. The zero-order chi connectivity index (χ0) is 19.3. The summed E-state index contributed by atoms with van der Waals surface area (Å²) in [5.74, 6) is -0.139. The van der Waals surface area contributed by atoms with Gasteiger partial charge < -0.3 is 4.90 Å². The molecule has 0 aliphatic carbocycles. The van der Waals surface area contributed by atoms with E-state index in [4.69, 9.17) is 12.2 Å². The quantitative estimate of drug-likeness (QED) is 0.674. The van der Waals surface area contributed by atoms with Gasteiger partial charge in [0.2, 0.25) is 0 Å². The lowest BCUT2D eigenvalue weighted by Crippen LogP contribution is -2.35. The van der Waals surface area contributed by atoms with Crippen molar-refractivity contribution in [2.45, 2.75) is 25.3 Å². The van der Waals surface area contributed by atoms with Gasteiger partial charge in [0.25, 0.3) is 11.5 Å². The van der Waals surface area contributed by atoms with Crippen LogP contribution in [-0.2, 0) is 11.3 Å². The van der Waals surface area contributed by atoms with Crippen molar-refractivity contribution in [3.63, 3.8) is 0 Å². The van der Waals surface area contributed by atoms with Crippen molar-refractivity contribution in [2.75, 3.05) is 18.5 Å². The standard InChI is InChI=1S/C18H17N3O2S4/c1-4-20-10-8-6-7-9-11(10)25-16(20)13-15(23)21(5-2)17(26-13)12-14(22)19(3)18(24)27-12/h6-9H,4-5H2,1-3H3/b16-13-,17-12-. The molecule has 1 aromatic heterocycles. The molecule has 140 valence electrons. The van der Waals surface area contributed by atoms with E-state index < -0.39 is 0 Å². The Morgan fingerprint density at radius 2 is 1.81 bits per heavy atom. The van der Waals surface area contributed by atoms with Gasteiger partial charge in [0.1, 0.15) is 23.4 Å². The number of para-hydroxylation sites is 1. The molecule has 2 aliphatic heterocycles. The zero-order valence-corrected chi connectivity index (χ0v) is 18.3. The number of thiazole rings is 1. The van der Waals surface area contributed by atoms with E-state index in [1.165, 1.54) is 28.0 Å². The number of hydrogen-bond donors (Lipinski definition) is 0. The summed E-state index contributed by atoms with van der Waals surface area (Å²) in [6, 6.07) is 8.16. The molecule has 0 radical (unpaired) electrons. The summed E-state index contributed by atoms with van der Waals surface area (Å²) < 4.78 is 3.58. The minimum Gasteiger partial charge on any atom is -0.334 e. The fourth-order valence-electron chi connectivity index (χ4n) is 3.09. The lowest BCUT2D eigenvalue weighted by molar-refractivity contribution is -0.119. The number of rotatable bonds is 2. The number of thioether (sulfide) groups is 2. The van der Waals surface area contributed by atoms with E-state index in [0.717, 1.165) is 22.2 Å². The van der Waals surface area contributed by atoms with Crippen LogP contribution in [0, 0.1) is 0 Å². The highest BCUT2D eigenvalue weighted by atomic mass is 32.2. The van der Waals surface area contributed by atoms with Crippen molar-refractivity contribution in [1.29, 1.82) is 0 Å². The maximum atomic E-state index is 13.2. The number of amides is 1. The molecule has 3 heterocycles. The number of nitrogens with zero attached hydrogens (tertiary/aromatic N) is 3. The molecular formula is C18H17N3O2S4. The van der Waals surface area contributed by atoms with Crippen molar-refractivity contribution in [3.05, 3.63) is 43.8 Å². The molecule has 2 aromatic rings. The van der Waals surface area contributed by atoms with Crippen LogP contribution < -0.4 is 19.7 Å².